The van der Waals surface area contributed by atoms with Crippen molar-refractivity contribution in [3.05, 3.63) is 82.9 Å². The third-order valence-corrected chi connectivity index (χ3v) is 7.10. The first-order chi connectivity index (χ1) is 16.1. The van der Waals surface area contributed by atoms with Crippen molar-refractivity contribution >= 4 is 5.97 Å². The van der Waals surface area contributed by atoms with Crippen molar-refractivity contribution in [2.45, 2.75) is 58.0 Å². The van der Waals surface area contributed by atoms with E-state index in [9.17, 15) is 9.90 Å². The number of aromatic carboxylic acids is 1. The number of carboxylic acid groups (broad SMARTS) is 1. The van der Waals surface area contributed by atoms with Crippen LogP contribution in [0.5, 0.6) is 0 Å². The van der Waals surface area contributed by atoms with Crippen LogP contribution in [0.4, 0.5) is 0 Å². The maximum atomic E-state index is 11.2. The number of rotatable bonds is 7. The molecule has 1 aliphatic rings. The van der Waals surface area contributed by atoms with Gasteiger partial charge in [0.2, 0.25) is 0 Å². The van der Waals surface area contributed by atoms with E-state index in [1.807, 2.05) is 12.1 Å². The van der Waals surface area contributed by atoms with E-state index >= 15 is 0 Å². The minimum absolute atomic E-state index is 0.129. The van der Waals surface area contributed by atoms with Crippen LogP contribution < -0.4 is 5.11 Å². The molecule has 0 fully saturated rings. The van der Waals surface area contributed by atoms with Gasteiger partial charge in [-0.15, -0.1) is 0 Å². The van der Waals surface area contributed by atoms with Gasteiger partial charge in [0.15, 0.2) is 0 Å². The number of ether oxygens (including phenoxy) is 2. The Balaban J connectivity index is 1.80. The quantitative estimate of drug-likeness (QED) is 0.330. The fourth-order valence-electron chi connectivity index (χ4n) is 4.92. The average molecular weight is 458 g/mol. The van der Waals surface area contributed by atoms with E-state index in [0.717, 1.165) is 28.7 Å². The molecule has 0 saturated carbocycles. The average Bonchev–Trinajstić information content (AvgIpc) is 2.82. The summed E-state index contributed by atoms with van der Waals surface area (Å²) >= 11 is 0. The Morgan fingerprint density at radius 1 is 0.794 bits per heavy atom. The lowest BCUT2D eigenvalue weighted by Gasteiger charge is -2.42. The van der Waals surface area contributed by atoms with Gasteiger partial charge in [-0.25, -0.2) is 0 Å². The molecule has 0 heterocycles. The molecule has 0 spiro atoms. The van der Waals surface area contributed by atoms with Gasteiger partial charge in [0, 0.05) is 7.11 Å². The summed E-state index contributed by atoms with van der Waals surface area (Å²) in [6, 6.07) is 20.1. The van der Waals surface area contributed by atoms with Crippen LogP contribution in [-0.4, -0.2) is 19.9 Å². The van der Waals surface area contributed by atoms with E-state index < -0.39 is 5.97 Å². The standard InChI is InChI=1S/C30H34O4/c1-29(2)12-13-30(3,4)27-17-23(10-11-26(27)29)25-15-20(18-34-19-33-5)14-24(16-25)21-6-8-22(9-7-21)28(31)32/h6-11,14-17H,12-13,18-19H2,1-5H3,(H,31,32)/p-1. The zero-order valence-electron chi connectivity index (χ0n) is 20.7. The highest BCUT2D eigenvalue weighted by Gasteiger charge is 2.37. The van der Waals surface area contributed by atoms with E-state index in [0.29, 0.717) is 6.61 Å². The fourth-order valence-corrected chi connectivity index (χ4v) is 4.92. The maximum Gasteiger partial charge on any atom is 0.146 e. The number of hydrogen-bond donors (Lipinski definition) is 0. The largest absolute Gasteiger partial charge is 0.545 e. The second kappa shape index (κ2) is 9.36. The summed E-state index contributed by atoms with van der Waals surface area (Å²) in [5.74, 6) is -1.17. The Kier molecular flexibility index (Phi) is 6.66. The maximum absolute atomic E-state index is 11.2. The Morgan fingerprint density at radius 2 is 1.38 bits per heavy atom. The minimum atomic E-state index is -1.17. The molecule has 0 atom stereocenters. The van der Waals surface area contributed by atoms with Gasteiger partial charge in [-0.1, -0.05) is 70.2 Å². The van der Waals surface area contributed by atoms with E-state index in [1.54, 1.807) is 19.2 Å². The number of methoxy groups -OCH3 is 1. The lowest BCUT2D eigenvalue weighted by molar-refractivity contribution is -0.255. The first-order valence-corrected chi connectivity index (χ1v) is 11.8. The van der Waals surface area contributed by atoms with Gasteiger partial charge in [0.25, 0.3) is 0 Å². The number of fused-ring (bicyclic) bond motifs is 1. The summed E-state index contributed by atoms with van der Waals surface area (Å²) in [7, 11) is 1.61. The Bertz CT molecular complexity index is 1190. The highest BCUT2D eigenvalue weighted by Crippen LogP contribution is 2.47. The van der Waals surface area contributed by atoms with Crippen LogP contribution in [-0.2, 0) is 26.9 Å². The Hall–Kier alpha value is -2.95. The zero-order chi connectivity index (χ0) is 24.5. The molecule has 0 aliphatic heterocycles. The molecule has 3 aromatic carbocycles. The lowest BCUT2D eigenvalue weighted by Crippen LogP contribution is -2.33. The summed E-state index contributed by atoms with van der Waals surface area (Å²) in [5, 5.41) is 11.2. The molecular weight excluding hydrogens is 424 g/mol. The zero-order valence-corrected chi connectivity index (χ0v) is 20.7. The van der Waals surface area contributed by atoms with Crippen molar-refractivity contribution in [1.82, 2.24) is 0 Å². The molecule has 0 N–H and O–H groups in total. The number of hydrogen-bond acceptors (Lipinski definition) is 4. The van der Waals surface area contributed by atoms with Gasteiger partial charge in [-0.3, -0.25) is 0 Å². The van der Waals surface area contributed by atoms with Crippen molar-refractivity contribution < 1.29 is 19.4 Å². The van der Waals surface area contributed by atoms with E-state index in [1.165, 1.54) is 23.1 Å². The SMILES string of the molecule is COCOCc1cc(-c2ccc(C(=O)[O-])cc2)cc(-c2ccc3c(c2)C(C)(C)CCC3(C)C)c1. The normalized spacial score (nSPS) is 16.1. The van der Waals surface area contributed by atoms with E-state index in [2.05, 4.69) is 64.1 Å². The van der Waals surface area contributed by atoms with Gasteiger partial charge < -0.3 is 19.4 Å². The van der Waals surface area contributed by atoms with Crippen molar-refractivity contribution in [1.29, 1.82) is 0 Å². The van der Waals surface area contributed by atoms with Crippen molar-refractivity contribution in [2.24, 2.45) is 0 Å². The first-order valence-electron chi connectivity index (χ1n) is 11.8. The van der Waals surface area contributed by atoms with Crippen molar-refractivity contribution in [3.8, 4) is 22.3 Å². The molecule has 0 bridgehead atoms. The topological polar surface area (TPSA) is 58.6 Å². The predicted molar refractivity (Wildman–Crippen MR) is 134 cm³/mol. The molecular formula is C30H33O4-. The van der Waals surface area contributed by atoms with E-state index in [-0.39, 0.29) is 23.2 Å². The molecule has 0 saturated heterocycles. The highest BCUT2D eigenvalue weighted by atomic mass is 16.7. The highest BCUT2D eigenvalue weighted by molar-refractivity contribution is 5.87. The van der Waals surface area contributed by atoms with Crippen LogP contribution in [0.25, 0.3) is 22.3 Å². The molecule has 178 valence electrons. The number of benzene rings is 3. The first kappa shape index (κ1) is 24.2. The van der Waals surface area contributed by atoms with Gasteiger partial charge in [-0.2, -0.15) is 0 Å². The monoisotopic (exact) mass is 457 g/mol. The Labute approximate surface area is 202 Å². The number of carboxylic acids is 1. The van der Waals surface area contributed by atoms with Gasteiger partial charge in [0.05, 0.1) is 12.6 Å². The van der Waals surface area contributed by atoms with Crippen LogP contribution in [0.1, 0.15) is 67.6 Å². The third-order valence-electron chi connectivity index (χ3n) is 7.10. The van der Waals surface area contributed by atoms with Gasteiger partial charge in [0.1, 0.15) is 6.79 Å². The molecule has 0 radical (unpaired) electrons. The summed E-state index contributed by atoms with van der Waals surface area (Å²) < 4.78 is 10.7. The lowest BCUT2D eigenvalue weighted by atomic mass is 9.63. The Morgan fingerprint density at radius 3 is 2.00 bits per heavy atom. The number of carbonyl (C=O) groups is 1. The predicted octanol–water partition coefficient (Wildman–Crippen LogP) is 5.85. The van der Waals surface area contributed by atoms with E-state index in [4.69, 9.17) is 9.47 Å². The van der Waals surface area contributed by atoms with Crippen LogP contribution >= 0.6 is 0 Å². The van der Waals surface area contributed by atoms with Crippen molar-refractivity contribution in [2.75, 3.05) is 13.9 Å². The molecule has 4 nitrogen and oxygen atoms in total. The molecule has 0 amide bonds. The third kappa shape index (κ3) is 4.94. The van der Waals surface area contributed by atoms with Gasteiger partial charge in [-0.05, 0) is 86.4 Å². The van der Waals surface area contributed by atoms with Crippen LogP contribution in [0, 0.1) is 0 Å². The molecule has 1 aliphatic carbocycles. The molecule has 3 aromatic rings. The summed E-state index contributed by atoms with van der Waals surface area (Å²) in [4.78, 5) is 11.2. The molecule has 0 unspecified atom stereocenters. The fraction of sp³-hybridized carbons (Fsp3) is 0.367. The van der Waals surface area contributed by atoms with Crippen LogP contribution in [0.15, 0.2) is 60.7 Å². The smallest absolute Gasteiger partial charge is 0.146 e. The van der Waals surface area contributed by atoms with Crippen molar-refractivity contribution in [3.63, 3.8) is 0 Å². The summed E-state index contributed by atoms with van der Waals surface area (Å²) in [5.41, 5.74) is 8.59. The van der Waals surface area contributed by atoms with Crippen LogP contribution in [0.2, 0.25) is 0 Å². The molecule has 4 rings (SSSR count). The molecule has 0 aromatic heterocycles. The molecule has 34 heavy (non-hydrogen) atoms. The second-order valence-corrected chi connectivity index (χ2v) is 10.6. The van der Waals surface area contributed by atoms with Crippen LogP contribution in [0.3, 0.4) is 0 Å². The summed E-state index contributed by atoms with van der Waals surface area (Å²) in [6.45, 7) is 10.00. The summed E-state index contributed by atoms with van der Waals surface area (Å²) in [6.07, 6.45) is 2.35. The number of carbonyl (C=O) groups excluding carboxylic acids is 1. The molecule has 4 heteroatoms. The second-order valence-electron chi connectivity index (χ2n) is 10.6. The minimum Gasteiger partial charge on any atom is -0.545 e. The van der Waals surface area contributed by atoms with Gasteiger partial charge >= 0.3 is 0 Å².